The highest BCUT2D eigenvalue weighted by atomic mass is 16.5. The van der Waals surface area contributed by atoms with Crippen molar-refractivity contribution in [2.75, 3.05) is 31.6 Å². The van der Waals surface area contributed by atoms with Crippen molar-refractivity contribution in [3.8, 4) is 0 Å². The number of hydrogen-bond acceptors (Lipinski definition) is 7. The van der Waals surface area contributed by atoms with Crippen LogP contribution in [0.3, 0.4) is 0 Å². The molecule has 0 radical (unpaired) electrons. The molecule has 0 saturated carbocycles. The predicted octanol–water partition coefficient (Wildman–Crippen LogP) is 2.08. The largest absolute Gasteiger partial charge is 0.361 e. The first-order chi connectivity index (χ1) is 12.8. The minimum absolute atomic E-state index is 0.0954. The summed E-state index contributed by atoms with van der Waals surface area (Å²) in [6.45, 7) is 11.2. The SMILES string of the molecule is Cc1cc(CCN(C)C2CN(c3ccc4nnc(C(C)(C)C)n4n3)C2)on1. The second-order valence-corrected chi connectivity index (χ2v) is 8.46. The molecule has 1 saturated heterocycles. The highest BCUT2D eigenvalue weighted by Gasteiger charge is 2.31. The molecule has 27 heavy (non-hydrogen) atoms. The number of aromatic nitrogens is 5. The lowest BCUT2D eigenvalue weighted by molar-refractivity contribution is 0.201. The third kappa shape index (κ3) is 3.53. The van der Waals surface area contributed by atoms with Gasteiger partial charge >= 0.3 is 0 Å². The molecule has 1 aliphatic heterocycles. The lowest BCUT2D eigenvalue weighted by Crippen LogP contribution is -2.59. The van der Waals surface area contributed by atoms with Gasteiger partial charge in [-0.15, -0.1) is 15.3 Å². The Kier molecular flexibility index (Phi) is 4.38. The zero-order valence-corrected chi connectivity index (χ0v) is 16.7. The zero-order chi connectivity index (χ0) is 19.2. The van der Waals surface area contributed by atoms with Crippen molar-refractivity contribution in [3.05, 3.63) is 35.5 Å². The highest BCUT2D eigenvalue weighted by Crippen LogP contribution is 2.24. The fourth-order valence-electron chi connectivity index (χ4n) is 3.34. The summed E-state index contributed by atoms with van der Waals surface area (Å²) in [6.07, 6.45) is 0.883. The van der Waals surface area contributed by atoms with Crippen molar-refractivity contribution < 1.29 is 4.52 Å². The van der Waals surface area contributed by atoms with Crippen LogP contribution in [0.25, 0.3) is 5.65 Å². The molecule has 1 aliphatic rings. The summed E-state index contributed by atoms with van der Waals surface area (Å²) in [4.78, 5) is 4.68. The van der Waals surface area contributed by atoms with Crippen LogP contribution in [0.15, 0.2) is 22.7 Å². The van der Waals surface area contributed by atoms with E-state index in [1.165, 1.54) is 0 Å². The van der Waals surface area contributed by atoms with E-state index >= 15 is 0 Å². The van der Waals surface area contributed by atoms with Gasteiger partial charge in [-0.25, -0.2) is 0 Å². The smallest absolute Gasteiger partial charge is 0.178 e. The van der Waals surface area contributed by atoms with Gasteiger partial charge in [-0.3, -0.25) is 4.90 Å². The van der Waals surface area contributed by atoms with Crippen LogP contribution in [0.5, 0.6) is 0 Å². The van der Waals surface area contributed by atoms with E-state index in [1.54, 1.807) is 0 Å². The van der Waals surface area contributed by atoms with E-state index < -0.39 is 0 Å². The molecule has 0 amide bonds. The van der Waals surface area contributed by atoms with Crippen LogP contribution in [0.2, 0.25) is 0 Å². The zero-order valence-electron chi connectivity index (χ0n) is 16.7. The summed E-state index contributed by atoms with van der Waals surface area (Å²) in [5, 5.41) is 17.3. The average Bonchev–Trinajstić information content (AvgIpc) is 3.16. The molecule has 8 heteroatoms. The fourth-order valence-corrected chi connectivity index (χ4v) is 3.34. The Hall–Kier alpha value is -2.48. The monoisotopic (exact) mass is 369 g/mol. The summed E-state index contributed by atoms with van der Waals surface area (Å²) in [7, 11) is 2.17. The van der Waals surface area contributed by atoms with Gasteiger partial charge in [0.25, 0.3) is 0 Å². The van der Waals surface area contributed by atoms with Gasteiger partial charge in [0.2, 0.25) is 0 Å². The van der Waals surface area contributed by atoms with E-state index in [1.807, 2.05) is 29.6 Å². The summed E-state index contributed by atoms with van der Waals surface area (Å²) in [5.74, 6) is 2.81. The molecular formula is C19H27N7O. The average molecular weight is 369 g/mol. The van der Waals surface area contributed by atoms with E-state index in [-0.39, 0.29) is 5.41 Å². The van der Waals surface area contributed by atoms with Crippen molar-refractivity contribution in [2.45, 2.75) is 45.6 Å². The summed E-state index contributed by atoms with van der Waals surface area (Å²) in [5.41, 5.74) is 1.63. The number of fused-ring (bicyclic) bond motifs is 1. The van der Waals surface area contributed by atoms with Crippen molar-refractivity contribution in [2.24, 2.45) is 0 Å². The van der Waals surface area contributed by atoms with Crippen LogP contribution in [0, 0.1) is 6.92 Å². The topological polar surface area (TPSA) is 75.6 Å². The molecule has 4 heterocycles. The Balaban J connectivity index is 1.38. The Morgan fingerprint density at radius 3 is 2.67 bits per heavy atom. The maximum absolute atomic E-state index is 5.30. The van der Waals surface area contributed by atoms with Crippen LogP contribution < -0.4 is 4.90 Å². The van der Waals surface area contributed by atoms with Crippen LogP contribution in [0.4, 0.5) is 5.82 Å². The van der Waals surface area contributed by atoms with Gasteiger partial charge in [0.05, 0.1) is 5.69 Å². The summed E-state index contributed by atoms with van der Waals surface area (Å²) < 4.78 is 7.17. The third-order valence-electron chi connectivity index (χ3n) is 5.12. The number of aryl methyl sites for hydroxylation is 1. The fraction of sp³-hybridized carbons (Fsp3) is 0.579. The van der Waals surface area contributed by atoms with Gasteiger partial charge in [0, 0.05) is 43.6 Å². The molecular weight excluding hydrogens is 342 g/mol. The maximum atomic E-state index is 5.30. The van der Waals surface area contributed by atoms with Crippen LogP contribution in [-0.4, -0.2) is 62.6 Å². The van der Waals surface area contributed by atoms with Crippen LogP contribution >= 0.6 is 0 Å². The Morgan fingerprint density at radius 2 is 2.00 bits per heavy atom. The molecule has 0 bridgehead atoms. The van der Waals surface area contributed by atoms with Crippen molar-refractivity contribution in [1.29, 1.82) is 0 Å². The quantitative estimate of drug-likeness (QED) is 0.681. The number of hydrogen-bond donors (Lipinski definition) is 0. The summed E-state index contributed by atoms with van der Waals surface area (Å²) >= 11 is 0. The van der Waals surface area contributed by atoms with E-state index in [2.05, 4.69) is 53.0 Å². The first kappa shape index (κ1) is 17.9. The van der Waals surface area contributed by atoms with Gasteiger partial charge in [0.1, 0.15) is 11.6 Å². The van der Waals surface area contributed by atoms with Gasteiger partial charge < -0.3 is 9.42 Å². The molecule has 1 fully saturated rings. The Labute approximate surface area is 159 Å². The van der Waals surface area contributed by atoms with E-state index in [0.717, 1.165) is 54.8 Å². The first-order valence-electron chi connectivity index (χ1n) is 9.41. The van der Waals surface area contributed by atoms with Crippen molar-refractivity contribution in [3.63, 3.8) is 0 Å². The van der Waals surface area contributed by atoms with Gasteiger partial charge in [-0.2, -0.15) is 4.52 Å². The molecule has 8 nitrogen and oxygen atoms in total. The molecule has 0 N–H and O–H groups in total. The van der Waals surface area contributed by atoms with Gasteiger partial charge in [-0.05, 0) is 26.1 Å². The molecule has 144 valence electrons. The lowest BCUT2D eigenvalue weighted by Gasteiger charge is -2.44. The number of anilines is 1. The number of nitrogens with zero attached hydrogens (tertiary/aromatic N) is 7. The summed E-state index contributed by atoms with van der Waals surface area (Å²) in [6, 6.07) is 6.55. The lowest BCUT2D eigenvalue weighted by atomic mass is 9.96. The molecule has 3 aromatic heterocycles. The van der Waals surface area contributed by atoms with E-state index in [4.69, 9.17) is 9.62 Å². The predicted molar refractivity (Wildman–Crippen MR) is 103 cm³/mol. The van der Waals surface area contributed by atoms with Gasteiger partial charge in [-0.1, -0.05) is 25.9 Å². The van der Waals surface area contributed by atoms with E-state index in [9.17, 15) is 0 Å². The van der Waals surface area contributed by atoms with Gasteiger partial charge in [0.15, 0.2) is 11.5 Å². The third-order valence-corrected chi connectivity index (χ3v) is 5.12. The molecule has 3 aromatic rings. The number of likely N-dealkylation sites (N-methyl/N-ethyl adjacent to an activating group) is 1. The normalized spacial score (nSPS) is 15.7. The second kappa shape index (κ2) is 6.60. The number of rotatable bonds is 5. The second-order valence-electron chi connectivity index (χ2n) is 8.46. The minimum atomic E-state index is -0.0954. The standard InChI is InChI=1S/C19H27N7O/c1-13-10-15(27-23-13)8-9-24(5)14-11-25(12-14)17-7-6-16-20-21-18(19(2,3)4)26(16)22-17/h6-7,10,14H,8-9,11-12H2,1-5H3. The molecule has 4 rings (SSSR count). The van der Waals surface area contributed by atoms with Crippen LogP contribution in [0.1, 0.15) is 38.0 Å². The molecule has 0 atom stereocenters. The molecule has 0 unspecified atom stereocenters. The molecule has 0 aromatic carbocycles. The minimum Gasteiger partial charge on any atom is -0.361 e. The van der Waals surface area contributed by atoms with Crippen molar-refractivity contribution >= 4 is 11.5 Å². The highest BCUT2D eigenvalue weighted by molar-refractivity contribution is 5.48. The Morgan fingerprint density at radius 1 is 1.22 bits per heavy atom. The first-order valence-corrected chi connectivity index (χ1v) is 9.41. The molecule has 0 spiro atoms. The Bertz CT molecular complexity index is 933. The molecule has 0 aliphatic carbocycles. The van der Waals surface area contributed by atoms with Crippen molar-refractivity contribution in [1.82, 2.24) is 29.9 Å². The van der Waals surface area contributed by atoms with E-state index in [0.29, 0.717) is 6.04 Å². The maximum Gasteiger partial charge on any atom is 0.178 e. The van der Waals surface area contributed by atoms with Crippen LogP contribution in [-0.2, 0) is 11.8 Å².